The quantitative estimate of drug-likeness (QED) is 0.506. The molecular formula is C25H25N3. The van der Waals surface area contributed by atoms with Crippen molar-refractivity contribution in [2.24, 2.45) is 5.73 Å². The van der Waals surface area contributed by atoms with Crippen LogP contribution in [0.5, 0.6) is 0 Å². The van der Waals surface area contributed by atoms with Gasteiger partial charge < -0.3 is 10.3 Å². The van der Waals surface area contributed by atoms with Crippen molar-refractivity contribution >= 4 is 0 Å². The first kappa shape index (κ1) is 18.2. The number of hydrogen-bond acceptors (Lipinski definition) is 2. The van der Waals surface area contributed by atoms with Crippen molar-refractivity contribution in [3.63, 3.8) is 0 Å². The topological polar surface area (TPSA) is 43.8 Å². The molecule has 0 aliphatic carbocycles. The third-order valence-corrected chi connectivity index (χ3v) is 5.13. The third kappa shape index (κ3) is 3.25. The molecule has 1 atom stereocenters. The predicted octanol–water partition coefficient (Wildman–Crippen LogP) is 4.61. The first-order valence-corrected chi connectivity index (χ1v) is 9.67. The summed E-state index contributed by atoms with van der Waals surface area (Å²) in [5, 5.41) is 0. The van der Waals surface area contributed by atoms with Gasteiger partial charge in [0.15, 0.2) is 0 Å². The molecule has 0 aliphatic rings. The number of imidazole rings is 1. The molecule has 3 nitrogen and oxygen atoms in total. The van der Waals surface area contributed by atoms with Gasteiger partial charge in [-0.15, -0.1) is 0 Å². The van der Waals surface area contributed by atoms with Crippen LogP contribution in [0.2, 0.25) is 0 Å². The zero-order valence-corrected chi connectivity index (χ0v) is 16.1. The minimum Gasteiger partial charge on any atom is -0.328 e. The number of aromatic nitrogens is 2. The number of nitrogens with zero attached hydrogens (tertiary/aromatic N) is 2. The van der Waals surface area contributed by atoms with Crippen LogP contribution in [0.25, 0.3) is 0 Å². The van der Waals surface area contributed by atoms with E-state index < -0.39 is 5.54 Å². The fraction of sp³-hybridized carbons (Fsp3) is 0.160. The third-order valence-electron chi connectivity index (χ3n) is 5.13. The standard InChI is InChI=1S/C25H25N3/c1-20(26)17-24-18-28(19-27-24)25(21-11-5-2-6-12-21,22-13-7-3-8-14-22)23-15-9-4-10-16-23/h2-16,18-20H,17,26H2,1H3. The van der Waals surface area contributed by atoms with Crippen molar-refractivity contribution in [2.75, 3.05) is 0 Å². The molecule has 0 fully saturated rings. The smallest absolute Gasteiger partial charge is 0.121 e. The van der Waals surface area contributed by atoms with E-state index in [2.05, 4.69) is 107 Å². The summed E-state index contributed by atoms with van der Waals surface area (Å²) >= 11 is 0. The van der Waals surface area contributed by atoms with Gasteiger partial charge in [-0.3, -0.25) is 0 Å². The molecule has 0 spiro atoms. The summed E-state index contributed by atoms with van der Waals surface area (Å²) in [5.41, 5.74) is 10.1. The van der Waals surface area contributed by atoms with Gasteiger partial charge in [0.2, 0.25) is 0 Å². The Kier molecular flexibility index (Phi) is 5.09. The second kappa shape index (κ2) is 7.83. The lowest BCUT2D eigenvalue weighted by Crippen LogP contribution is -2.37. The molecule has 4 rings (SSSR count). The molecule has 0 bridgehead atoms. The summed E-state index contributed by atoms with van der Waals surface area (Å²) in [6, 6.07) is 31.9. The maximum Gasteiger partial charge on any atom is 0.121 e. The highest BCUT2D eigenvalue weighted by atomic mass is 15.1. The van der Waals surface area contributed by atoms with Crippen LogP contribution in [0.1, 0.15) is 29.3 Å². The highest BCUT2D eigenvalue weighted by Gasteiger charge is 2.38. The van der Waals surface area contributed by atoms with Crippen molar-refractivity contribution in [1.82, 2.24) is 9.55 Å². The Morgan fingerprint density at radius 3 is 1.61 bits per heavy atom. The second-order valence-electron chi connectivity index (χ2n) is 7.26. The zero-order valence-electron chi connectivity index (χ0n) is 16.1. The Balaban J connectivity index is 2.03. The summed E-state index contributed by atoms with van der Waals surface area (Å²) in [4.78, 5) is 4.68. The van der Waals surface area contributed by atoms with Gasteiger partial charge in [-0.2, -0.15) is 0 Å². The number of nitrogens with two attached hydrogens (primary N) is 1. The van der Waals surface area contributed by atoms with E-state index in [4.69, 9.17) is 5.73 Å². The van der Waals surface area contributed by atoms with Gasteiger partial charge in [-0.1, -0.05) is 91.0 Å². The summed E-state index contributed by atoms with van der Waals surface area (Å²) in [5.74, 6) is 0. The Morgan fingerprint density at radius 2 is 1.21 bits per heavy atom. The van der Waals surface area contributed by atoms with E-state index in [1.807, 2.05) is 13.3 Å². The average molecular weight is 367 g/mol. The Labute approximate surface area is 166 Å². The number of hydrogen-bond donors (Lipinski definition) is 1. The maximum absolute atomic E-state index is 6.03. The van der Waals surface area contributed by atoms with Gasteiger partial charge in [0.25, 0.3) is 0 Å². The molecule has 1 heterocycles. The second-order valence-corrected chi connectivity index (χ2v) is 7.26. The molecule has 2 N–H and O–H groups in total. The van der Waals surface area contributed by atoms with E-state index in [-0.39, 0.29) is 6.04 Å². The molecule has 0 amide bonds. The molecular weight excluding hydrogens is 342 g/mol. The molecule has 0 aliphatic heterocycles. The average Bonchev–Trinajstić information content (AvgIpc) is 3.19. The van der Waals surface area contributed by atoms with E-state index in [0.717, 1.165) is 12.1 Å². The van der Waals surface area contributed by atoms with E-state index in [1.165, 1.54) is 16.7 Å². The van der Waals surface area contributed by atoms with Crippen LogP contribution >= 0.6 is 0 Å². The molecule has 140 valence electrons. The lowest BCUT2D eigenvalue weighted by Gasteiger charge is -2.37. The molecule has 4 aromatic rings. The minimum atomic E-state index is -0.507. The predicted molar refractivity (Wildman–Crippen MR) is 114 cm³/mol. The van der Waals surface area contributed by atoms with Crippen molar-refractivity contribution in [3.05, 3.63) is 126 Å². The Morgan fingerprint density at radius 1 is 0.786 bits per heavy atom. The molecule has 28 heavy (non-hydrogen) atoms. The van der Waals surface area contributed by atoms with E-state index in [9.17, 15) is 0 Å². The highest BCUT2D eigenvalue weighted by Crippen LogP contribution is 2.40. The highest BCUT2D eigenvalue weighted by molar-refractivity contribution is 5.50. The molecule has 1 aromatic heterocycles. The minimum absolute atomic E-state index is 0.0722. The van der Waals surface area contributed by atoms with Crippen molar-refractivity contribution in [3.8, 4) is 0 Å². The van der Waals surface area contributed by atoms with Crippen LogP contribution < -0.4 is 5.73 Å². The van der Waals surface area contributed by atoms with E-state index >= 15 is 0 Å². The van der Waals surface area contributed by atoms with Crippen LogP contribution in [0.15, 0.2) is 104 Å². The van der Waals surface area contributed by atoms with Gasteiger partial charge in [0.1, 0.15) is 5.54 Å². The van der Waals surface area contributed by atoms with Crippen LogP contribution in [0.3, 0.4) is 0 Å². The maximum atomic E-state index is 6.03. The van der Waals surface area contributed by atoms with Gasteiger partial charge in [-0.05, 0) is 23.6 Å². The van der Waals surface area contributed by atoms with E-state index in [1.54, 1.807) is 0 Å². The normalized spacial score (nSPS) is 12.6. The van der Waals surface area contributed by atoms with Gasteiger partial charge >= 0.3 is 0 Å². The summed E-state index contributed by atoms with van der Waals surface area (Å²) in [6.45, 7) is 2.01. The number of benzene rings is 3. The molecule has 0 saturated heterocycles. The molecule has 1 unspecified atom stereocenters. The zero-order chi connectivity index (χ0) is 19.4. The largest absolute Gasteiger partial charge is 0.328 e. The first-order chi connectivity index (χ1) is 13.7. The molecule has 3 heteroatoms. The van der Waals surface area contributed by atoms with Crippen molar-refractivity contribution in [2.45, 2.75) is 24.9 Å². The monoisotopic (exact) mass is 367 g/mol. The van der Waals surface area contributed by atoms with Crippen LogP contribution in [-0.4, -0.2) is 15.6 Å². The Bertz CT molecular complexity index is 909. The summed E-state index contributed by atoms with van der Waals surface area (Å²) < 4.78 is 2.23. The SMILES string of the molecule is CC(N)Cc1cn(C(c2ccccc2)(c2ccccc2)c2ccccc2)cn1. The summed E-state index contributed by atoms with van der Waals surface area (Å²) in [7, 11) is 0. The van der Waals surface area contributed by atoms with Crippen LogP contribution in [0, 0.1) is 0 Å². The lowest BCUT2D eigenvalue weighted by molar-refractivity contribution is 0.514. The fourth-order valence-electron chi connectivity index (χ4n) is 3.97. The number of rotatable bonds is 6. The molecule has 0 radical (unpaired) electrons. The Hall–Kier alpha value is -3.17. The van der Waals surface area contributed by atoms with Gasteiger partial charge in [-0.25, -0.2) is 4.98 Å². The van der Waals surface area contributed by atoms with Crippen molar-refractivity contribution in [1.29, 1.82) is 0 Å². The van der Waals surface area contributed by atoms with Gasteiger partial charge in [0, 0.05) is 18.7 Å². The van der Waals surface area contributed by atoms with Crippen LogP contribution in [-0.2, 0) is 12.0 Å². The first-order valence-electron chi connectivity index (χ1n) is 9.67. The molecule has 0 saturated carbocycles. The molecule has 3 aromatic carbocycles. The van der Waals surface area contributed by atoms with Crippen molar-refractivity contribution < 1.29 is 0 Å². The summed E-state index contributed by atoms with van der Waals surface area (Å²) in [6.07, 6.45) is 4.82. The van der Waals surface area contributed by atoms with Crippen LogP contribution in [0.4, 0.5) is 0 Å². The lowest BCUT2D eigenvalue weighted by atomic mass is 9.77. The fourth-order valence-corrected chi connectivity index (χ4v) is 3.97. The van der Waals surface area contributed by atoms with E-state index in [0.29, 0.717) is 0 Å². The van der Waals surface area contributed by atoms with Gasteiger partial charge in [0.05, 0.1) is 12.0 Å².